The van der Waals surface area contributed by atoms with Crippen LogP contribution in [0.25, 0.3) is 45.0 Å². The Labute approximate surface area is 754 Å². The quantitative estimate of drug-likeness (QED) is 0.0342. The maximum Gasteiger partial charge on any atom is 0.161 e. The Morgan fingerprint density at radius 1 is 0.171 bits per heavy atom. The number of aromatic nitrogens is 4. The Morgan fingerprint density at radius 2 is 0.325 bits per heavy atom. The Morgan fingerprint density at radius 3 is 0.512 bits per heavy atom. The van der Waals surface area contributed by atoms with E-state index in [1.165, 1.54) is 321 Å². The molecular weight excluding hydrogens is 1520 g/mol. The van der Waals surface area contributed by atoms with Gasteiger partial charge >= 0.3 is 0 Å². The van der Waals surface area contributed by atoms with E-state index >= 15 is 0 Å². The van der Waals surface area contributed by atoms with Crippen LogP contribution in [0.2, 0.25) is 0 Å². The van der Waals surface area contributed by atoms with E-state index < -0.39 is 0 Å². The van der Waals surface area contributed by atoms with Gasteiger partial charge in [-0.25, -0.2) is 9.36 Å². The normalized spacial score (nSPS) is 11.5. The lowest BCUT2D eigenvalue weighted by Crippen LogP contribution is -2.14. The fraction of sp³-hybridized carbons (Fsp3) is 0.730. The molecule has 0 fully saturated rings. The summed E-state index contributed by atoms with van der Waals surface area (Å²) >= 11 is 0. The number of nitrogens with zero attached hydrogens (tertiary/aromatic N) is 4. The summed E-state index contributed by atoms with van der Waals surface area (Å²) in [6.45, 7) is 23.8. The lowest BCUT2D eigenvalue weighted by Gasteiger charge is -2.17. The molecule has 6 rings (SSSR count). The molecule has 12 heteroatoms. The van der Waals surface area contributed by atoms with Crippen molar-refractivity contribution < 1.29 is 37.9 Å². The summed E-state index contributed by atoms with van der Waals surface area (Å²) in [4.78, 5) is 0. The van der Waals surface area contributed by atoms with Crippen LogP contribution in [0.3, 0.4) is 0 Å². The first kappa shape index (κ1) is 105. The molecule has 0 aliphatic rings. The van der Waals surface area contributed by atoms with Crippen molar-refractivity contribution in [2.75, 3.05) is 52.9 Å². The minimum atomic E-state index is 0.282. The van der Waals surface area contributed by atoms with Gasteiger partial charge in [0.1, 0.15) is 6.67 Å². The van der Waals surface area contributed by atoms with Crippen molar-refractivity contribution in [3.63, 3.8) is 0 Å². The van der Waals surface area contributed by atoms with Gasteiger partial charge in [0.25, 0.3) is 0 Å². The maximum atomic E-state index is 6.97. The Balaban J connectivity index is 1.51. The van der Waals surface area contributed by atoms with Gasteiger partial charge in [-0.1, -0.05) is 415 Å². The molecule has 0 radical (unpaired) electrons. The van der Waals surface area contributed by atoms with Gasteiger partial charge in [-0.15, -0.1) is 0 Å². The Bertz CT molecular complexity index is 3240. The van der Waals surface area contributed by atoms with Gasteiger partial charge in [0.15, 0.2) is 46.0 Å². The zero-order valence-electron chi connectivity index (χ0n) is 80.8. The van der Waals surface area contributed by atoms with Gasteiger partial charge in [-0.3, -0.25) is 0 Å². The van der Waals surface area contributed by atoms with Gasteiger partial charge in [-0.05, 0) is 136 Å². The first-order valence-corrected chi connectivity index (χ1v) is 52.6. The third kappa shape index (κ3) is 47.4. The third-order valence-electron chi connectivity index (χ3n) is 24.8. The topological polar surface area (TPSA) is 109 Å². The van der Waals surface area contributed by atoms with Crippen molar-refractivity contribution in [2.24, 2.45) is 0 Å². The molecule has 0 amide bonds. The molecule has 0 atom stereocenters. The van der Waals surface area contributed by atoms with Gasteiger partial charge in [0.2, 0.25) is 0 Å². The van der Waals surface area contributed by atoms with E-state index in [4.69, 9.17) is 48.1 Å². The molecule has 0 unspecified atom stereocenters. The van der Waals surface area contributed by atoms with Crippen molar-refractivity contribution in [3.05, 3.63) is 84.9 Å². The number of ether oxygens (including phenoxy) is 8. The SMILES string of the molecule is CCCCCCCCCCOc1ccc(-c2cc(-c3ccc(OCCCCCCCCCC)c(OCCCCCCCCCC)c3)n(Cn3nc(-c4ccc(OCCCCCCCCCC)c(OCCCCCCCCCC)c4)cc3-c3ccc(OCCCCCCCCCC)c(OCCCCCCCCCC)c3)n2)cc1OCCCCCCCCCC. The van der Waals surface area contributed by atoms with Crippen LogP contribution in [-0.4, -0.2) is 72.4 Å². The highest BCUT2D eigenvalue weighted by atomic mass is 16.5. The van der Waals surface area contributed by atoms with Gasteiger partial charge < -0.3 is 37.9 Å². The predicted octanol–water partition coefficient (Wildman–Crippen LogP) is 35.4. The highest BCUT2D eigenvalue weighted by molar-refractivity contribution is 5.74. The van der Waals surface area contributed by atoms with E-state index in [1.54, 1.807) is 0 Å². The molecule has 0 bridgehead atoms. The average molecular weight is 1700 g/mol. The molecule has 0 saturated carbocycles. The zero-order valence-corrected chi connectivity index (χ0v) is 80.8. The second kappa shape index (κ2) is 72.7. The van der Waals surface area contributed by atoms with Gasteiger partial charge in [0, 0.05) is 22.3 Å². The molecule has 696 valence electrons. The van der Waals surface area contributed by atoms with Crippen LogP contribution in [0.15, 0.2) is 84.9 Å². The second-order valence-corrected chi connectivity index (χ2v) is 36.2. The van der Waals surface area contributed by atoms with E-state index in [-0.39, 0.29) is 6.67 Å². The summed E-state index contributed by atoms with van der Waals surface area (Å²) < 4.78 is 59.1. The number of unbranched alkanes of at least 4 members (excludes halogenated alkanes) is 56. The largest absolute Gasteiger partial charge is 0.490 e. The molecule has 6 aromatic rings. The molecule has 0 N–H and O–H groups in total. The molecule has 123 heavy (non-hydrogen) atoms. The Hall–Kier alpha value is -6.30. The monoisotopic (exact) mass is 1700 g/mol. The number of hydrogen-bond donors (Lipinski definition) is 0. The summed E-state index contributed by atoms with van der Waals surface area (Å²) in [6.07, 6.45) is 79.4. The number of rotatable bonds is 86. The van der Waals surface area contributed by atoms with Gasteiger partial charge in [-0.2, -0.15) is 10.2 Å². The van der Waals surface area contributed by atoms with Crippen LogP contribution >= 0.6 is 0 Å². The predicted molar refractivity (Wildman–Crippen MR) is 526 cm³/mol. The highest BCUT2D eigenvalue weighted by Crippen LogP contribution is 2.41. The van der Waals surface area contributed by atoms with Crippen molar-refractivity contribution in [3.8, 4) is 91.0 Å². The van der Waals surface area contributed by atoms with Crippen LogP contribution in [-0.2, 0) is 6.67 Å². The second-order valence-electron chi connectivity index (χ2n) is 36.2. The minimum Gasteiger partial charge on any atom is -0.490 e. The average Bonchev–Trinajstić information content (AvgIpc) is 1.63. The molecule has 0 spiro atoms. The van der Waals surface area contributed by atoms with Crippen LogP contribution in [0.1, 0.15) is 466 Å². The smallest absolute Gasteiger partial charge is 0.161 e. The molecule has 2 heterocycles. The van der Waals surface area contributed by atoms with Crippen LogP contribution in [0.5, 0.6) is 46.0 Å². The number of benzene rings is 4. The fourth-order valence-electron chi connectivity index (χ4n) is 16.9. The van der Waals surface area contributed by atoms with Crippen molar-refractivity contribution in [2.45, 2.75) is 473 Å². The minimum absolute atomic E-state index is 0.282. The molecule has 0 aliphatic heterocycles. The molecule has 0 aliphatic carbocycles. The first-order valence-electron chi connectivity index (χ1n) is 52.6. The third-order valence-corrected chi connectivity index (χ3v) is 24.8. The highest BCUT2D eigenvalue weighted by Gasteiger charge is 2.23. The van der Waals surface area contributed by atoms with Crippen molar-refractivity contribution >= 4 is 0 Å². The van der Waals surface area contributed by atoms with E-state index in [1.807, 2.05) is 0 Å². The van der Waals surface area contributed by atoms with Crippen LogP contribution in [0, 0.1) is 0 Å². The molecule has 0 saturated heterocycles. The van der Waals surface area contributed by atoms with Crippen molar-refractivity contribution in [1.29, 1.82) is 0 Å². The summed E-state index contributed by atoms with van der Waals surface area (Å²) in [6, 6.07) is 30.7. The van der Waals surface area contributed by atoms with E-state index in [0.29, 0.717) is 52.9 Å². The summed E-state index contributed by atoms with van der Waals surface area (Å²) in [5.41, 5.74) is 7.43. The molecular formula is C111H184N4O8. The molecule has 4 aromatic carbocycles. The number of hydrogen-bond acceptors (Lipinski definition) is 10. The molecule has 12 nitrogen and oxygen atoms in total. The first-order chi connectivity index (χ1) is 60.9. The molecule has 2 aromatic heterocycles. The van der Waals surface area contributed by atoms with E-state index in [9.17, 15) is 0 Å². The Kier molecular flexibility index (Phi) is 62.3. The summed E-state index contributed by atoms with van der Waals surface area (Å²) in [7, 11) is 0. The van der Waals surface area contributed by atoms with Gasteiger partial charge in [0.05, 0.1) is 75.6 Å². The van der Waals surface area contributed by atoms with E-state index in [2.05, 4.69) is 150 Å². The fourth-order valence-corrected chi connectivity index (χ4v) is 16.9. The lowest BCUT2D eigenvalue weighted by atomic mass is 10.1. The van der Waals surface area contributed by atoms with Crippen LogP contribution in [0.4, 0.5) is 0 Å². The summed E-state index contributed by atoms with van der Waals surface area (Å²) in [5.74, 6) is 6.28. The van der Waals surface area contributed by atoms with Crippen molar-refractivity contribution in [1.82, 2.24) is 19.6 Å². The maximum absolute atomic E-state index is 6.97. The summed E-state index contributed by atoms with van der Waals surface area (Å²) in [5, 5.41) is 11.5. The van der Waals surface area contributed by atoms with Crippen LogP contribution < -0.4 is 37.9 Å². The lowest BCUT2D eigenvalue weighted by molar-refractivity contribution is 0.258. The zero-order chi connectivity index (χ0) is 87.0. The standard InChI is InChI=1S/C111H184N4O8/c1-9-17-25-33-41-49-57-65-81-116-104-77-73-96(89-108(104)120-85-69-61-53-45-37-29-21-13-5)100-93-102(98-75-79-106(118-83-67-59-51-43-35-27-19-11-3)110(91-98)122-87-71-63-55-47-39-31-23-15-7)114(112-100)95-115-103(99-76-80-107(119-84-68-60-52-44-36-28-20-12-4)111(92-99)123-88-72-64-56-48-40-32-24-16-8)94-101(113-115)97-74-78-105(117-82-66-58-50-42-34-26-18-10-2)109(90-97)121-86-70-62-54-46-38-30-22-14-6/h73-80,89-94H,9-72,81-88,95H2,1-8H3. The van der Waals surface area contributed by atoms with E-state index in [0.717, 1.165) is 181 Å².